The number of benzene rings is 1. The van der Waals surface area contributed by atoms with Crippen molar-refractivity contribution in [3.05, 3.63) is 64.2 Å². The highest BCUT2D eigenvalue weighted by molar-refractivity contribution is 7.92. The number of amidine groups is 1. The van der Waals surface area contributed by atoms with Gasteiger partial charge >= 0.3 is 0 Å². The Labute approximate surface area is 259 Å². The molecule has 1 heterocycles. The van der Waals surface area contributed by atoms with E-state index in [0.29, 0.717) is 28.4 Å². The second-order valence-electron chi connectivity index (χ2n) is 9.53. The molecule has 0 atom stereocenters. The van der Waals surface area contributed by atoms with Crippen LogP contribution in [0.1, 0.15) is 65.0 Å². The molecule has 0 aliphatic heterocycles. The molecule has 236 valence electrons. The number of ether oxygens (including phenoxy) is 1. The number of rotatable bonds is 13. The minimum absolute atomic E-state index is 0. The number of carbonyl (C=O) groups excluding carboxylic acids is 1. The highest BCUT2D eigenvalue weighted by Crippen LogP contribution is 2.18. The third kappa shape index (κ3) is 14.1. The number of aliphatic hydroxyl groups excluding tert-OH is 1. The number of carbonyl (C=O) groups is 1. The van der Waals surface area contributed by atoms with Gasteiger partial charge in [-0.3, -0.25) is 4.79 Å². The van der Waals surface area contributed by atoms with Crippen molar-refractivity contribution in [2.45, 2.75) is 58.2 Å². The van der Waals surface area contributed by atoms with Crippen LogP contribution in [0.15, 0.2) is 35.4 Å². The molecule has 0 bridgehead atoms. The first-order valence-electron chi connectivity index (χ1n) is 13.4. The summed E-state index contributed by atoms with van der Waals surface area (Å²) in [5, 5.41) is 16.5. The number of aryl methyl sites for hydroxylation is 1. The Bertz CT molecular complexity index is 1120. The van der Waals surface area contributed by atoms with Crippen LogP contribution in [0.4, 0.5) is 4.39 Å². The van der Waals surface area contributed by atoms with Crippen LogP contribution in [-0.4, -0.2) is 71.8 Å². The fourth-order valence-corrected chi connectivity index (χ4v) is 4.57. The van der Waals surface area contributed by atoms with Crippen LogP contribution in [-0.2, 0) is 22.1 Å². The van der Waals surface area contributed by atoms with E-state index in [4.69, 9.17) is 25.6 Å². The maximum Gasteiger partial charge on any atom is 0.270 e. The summed E-state index contributed by atoms with van der Waals surface area (Å²) in [5.74, 6) is 4.79. The second-order valence-corrected chi connectivity index (χ2v) is 10.6. The van der Waals surface area contributed by atoms with E-state index >= 15 is 0 Å². The molecular weight excluding hydrogens is 583 g/mol. The third-order valence-electron chi connectivity index (χ3n) is 5.96. The molecule has 3 rings (SSSR count). The first kappa shape index (κ1) is 37.5. The number of hydrazone groups is 1. The number of nitrogens with two attached hydrogens (primary N) is 2. The van der Waals surface area contributed by atoms with Gasteiger partial charge in [-0.15, -0.1) is 5.10 Å². The number of aliphatic hydroxyl groups is 1. The molecule has 1 aliphatic carbocycles. The van der Waals surface area contributed by atoms with Crippen LogP contribution >= 0.6 is 25.7 Å². The first-order chi connectivity index (χ1) is 19.6. The summed E-state index contributed by atoms with van der Waals surface area (Å²) in [6.45, 7) is 1.92. The summed E-state index contributed by atoms with van der Waals surface area (Å²) < 4.78 is 25.9. The number of aromatic nitrogens is 1. The van der Waals surface area contributed by atoms with Gasteiger partial charge in [0.2, 0.25) is 0 Å². The van der Waals surface area contributed by atoms with Crippen LogP contribution in [0.25, 0.3) is 0 Å². The number of hydrogen-bond acceptors (Lipinski definition) is 11. The summed E-state index contributed by atoms with van der Waals surface area (Å²) >= 11 is 1.35. The molecule has 1 aromatic carbocycles. The van der Waals surface area contributed by atoms with Gasteiger partial charge in [-0.2, -0.15) is 17.9 Å². The lowest BCUT2D eigenvalue weighted by Gasteiger charge is -2.26. The molecular formula is C27H45FN8O4S2. The van der Waals surface area contributed by atoms with Gasteiger partial charge in [0, 0.05) is 43.5 Å². The van der Waals surface area contributed by atoms with Gasteiger partial charge in [-0.25, -0.2) is 25.8 Å². The maximum atomic E-state index is 13.8. The molecule has 0 saturated heterocycles. The van der Waals surface area contributed by atoms with E-state index in [-0.39, 0.29) is 51.4 Å². The van der Waals surface area contributed by atoms with Crippen molar-refractivity contribution in [1.82, 2.24) is 25.3 Å². The van der Waals surface area contributed by atoms with Crippen molar-refractivity contribution in [2.75, 3.05) is 34.4 Å². The Kier molecular flexibility index (Phi) is 18.2. The van der Waals surface area contributed by atoms with E-state index in [1.54, 1.807) is 32.2 Å². The molecule has 15 heteroatoms. The van der Waals surface area contributed by atoms with E-state index in [2.05, 4.69) is 20.8 Å². The van der Waals surface area contributed by atoms with E-state index < -0.39 is 11.7 Å². The number of amides is 1. The average molecular weight is 629 g/mol. The van der Waals surface area contributed by atoms with Crippen LogP contribution < -0.4 is 22.3 Å². The molecule has 0 unspecified atom stereocenters. The number of pyridine rings is 1. The summed E-state index contributed by atoms with van der Waals surface area (Å²) in [6.07, 6.45) is 6.73. The summed E-state index contributed by atoms with van der Waals surface area (Å²) in [6, 6.07) is 8.35. The molecule has 1 fully saturated rings. The normalized spacial score (nSPS) is 13.7. The van der Waals surface area contributed by atoms with E-state index in [0.717, 1.165) is 5.12 Å². The van der Waals surface area contributed by atoms with Crippen LogP contribution in [0.3, 0.4) is 0 Å². The maximum absolute atomic E-state index is 13.8. The monoisotopic (exact) mass is 628 g/mol. The van der Waals surface area contributed by atoms with Gasteiger partial charge in [0.25, 0.3) is 5.91 Å². The number of hydrazine groups is 2. The largest absolute Gasteiger partial charge is 0.394 e. The lowest BCUT2D eigenvalue weighted by molar-refractivity contribution is 0.0799. The predicted molar refractivity (Wildman–Crippen MR) is 169 cm³/mol. The minimum Gasteiger partial charge on any atom is -0.394 e. The quantitative estimate of drug-likeness (QED) is 0.0421. The third-order valence-corrected chi connectivity index (χ3v) is 6.44. The first-order valence-corrected chi connectivity index (χ1v) is 14.1. The highest BCUT2D eigenvalue weighted by Gasteiger charge is 2.15. The summed E-state index contributed by atoms with van der Waals surface area (Å²) in [4.78, 5) is 16.7. The Morgan fingerprint density at radius 3 is 2.60 bits per heavy atom. The minimum atomic E-state index is -0.414. The van der Waals surface area contributed by atoms with Crippen LogP contribution in [0.5, 0.6) is 0 Å². The van der Waals surface area contributed by atoms with Crippen molar-refractivity contribution >= 4 is 37.5 Å². The van der Waals surface area contributed by atoms with Crippen molar-refractivity contribution in [3.63, 3.8) is 0 Å². The number of halogens is 1. The molecule has 1 aromatic heterocycles. The molecule has 1 aliphatic rings. The summed E-state index contributed by atoms with van der Waals surface area (Å²) in [7, 11) is 5.20. The van der Waals surface area contributed by atoms with Crippen LogP contribution in [0.2, 0.25) is 0 Å². The number of nitrogens with zero attached hydrogens (tertiary/aromatic N) is 4. The topological polar surface area (TPSA) is 164 Å². The van der Waals surface area contributed by atoms with Crippen LogP contribution in [0, 0.1) is 12.7 Å². The van der Waals surface area contributed by atoms with Gasteiger partial charge in [-0.05, 0) is 49.6 Å². The zero-order chi connectivity index (χ0) is 30.2. The van der Waals surface area contributed by atoms with Gasteiger partial charge < -0.3 is 25.1 Å². The smallest absolute Gasteiger partial charge is 0.270 e. The fraction of sp³-hybridized carbons (Fsp3) is 0.519. The molecule has 2 aromatic rings. The van der Waals surface area contributed by atoms with Crippen molar-refractivity contribution < 1.29 is 23.2 Å². The highest BCUT2D eigenvalue weighted by atomic mass is 32.2. The Morgan fingerprint density at radius 1 is 1.24 bits per heavy atom. The Morgan fingerprint density at radius 2 is 1.95 bits per heavy atom. The molecule has 12 nitrogen and oxygen atoms in total. The second kappa shape index (κ2) is 20.4. The van der Waals surface area contributed by atoms with Gasteiger partial charge in [0.1, 0.15) is 11.5 Å². The van der Waals surface area contributed by atoms with Crippen molar-refractivity contribution in [3.8, 4) is 0 Å². The fourth-order valence-electron chi connectivity index (χ4n) is 4.15. The lowest BCUT2D eigenvalue weighted by Crippen LogP contribution is -2.39. The van der Waals surface area contributed by atoms with Gasteiger partial charge in [0.05, 0.1) is 39.2 Å². The SMILES string of the molecule is COSN(C)NC1CCCCC1.Cc1cc(/C(N)=N/N(C)N)cc(C(=O)NCc2ccc(F)c(COCCO)c2)n1.S. The van der Waals surface area contributed by atoms with Crippen molar-refractivity contribution in [1.29, 1.82) is 0 Å². The average Bonchev–Trinajstić information content (AvgIpc) is 2.93. The molecule has 0 radical (unpaired) electrons. The van der Waals surface area contributed by atoms with Gasteiger partial charge in [-0.1, -0.05) is 25.3 Å². The molecule has 0 spiro atoms. The Balaban J connectivity index is 0.000000569. The lowest BCUT2D eigenvalue weighted by atomic mass is 9.96. The zero-order valence-corrected chi connectivity index (χ0v) is 26.5. The summed E-state index contributed by atoms with van der Waals surface area (Å²) in [5.41, 5.74) is 11.6. The molecule has 7 N–H and O–H groups in total. The standard InChI is InChI=1S/C19H25FN6O3.C8H18N2OS.H2S/c1-12-7-14(18(21)25-26(2)22)9-17(24-12)19(28)23-10-13-3-4-16(20)15(8-13)11-29-6-5-27;1-10(12-11-2)9-8-6-4-3-5-7-8;/h3-4,7-9,27H,5-6,10-11,22H2,1-2H3,(H2,21,25)(H,23,28);8-9H,3-7H2,1-2H3;1H2. The van der Waals surface area contributed by atoms with E-state index in [1.165, 1.54) is 63.5 Å². The molecule has 1 saturated carbocycles. The van der Waals surface area contributed by atoms with Gasteiger partial charge in [0.15, 0.2) is 5.84 Å². The van der Waals surface area contributed by atoms with E-state index in [9.17, 15) is 9.18 Å². The molecule has 42 heavy (non-hydrogen) atoms. The zero-order valence-electron chi connectivity index (χ0n) is 24.7. The van der Waals surface area contributed by atoms with Crippen molar-refractivity contribution in [2.24, 2.45) is 16.7 Å². The Hall–Kier alpha value is -2.50. The number of hydrogen-bond donors (Lipinski definition) is 5. The van der Waals surface area contributed by atoms with E-state index in [1.807, 2.05) is 11.5 Å². The molecule has 1 amide bonds. The number of nitrogens with one attached hydrogen (secondary N) is 2. The predicted octanol–water partition coefficient (Wildman–Crippen LogP) is 2.47.